The second-order valence-electron chi connectivity index (χ2n) is 5.05. The highest BCUT2D eigenvalue weighted by molar-refractivity contribution is 5.38. The Balaban J connectivity index is 2.49. The minimum atomic E-state index is -1.53. The summed E-state index contributed by atoms with van der Waals surface area (Å²) in [6, 6.07) is 3.36. The van der Waals surface area contributed by atoms with Crippen molar-refractivity contribution in [2.75, 3.05) is 6.54 Å². The van der Waals surface area contributed by atoms with E-state index in [0.29, 0.717) is 17.8 Å². The Morgan fingerprint density at radius 1 is 1.18 bits per heavy atom. The highest BCUT2D eigenvalue weighted by Gasteiger charge is 2.16. The monoisotopic (exact) mass is 310 g/mol. The van der Waals surface area contributed by atoms with Crippen LogP contribution in [0.25, 0.3) is 5.69 Å². The van der Waals surface area contributed by atoms with Gasteiger partial charge in [-0.2, -0.15) is 0 Å². The van der Waals surface area contributed by atoms with Crippen LogP contribution in [0, 0.1) is 24.4 Å². The zero-order valence-corrected chi connectivity index (χ0v) is 12.4. The minimum absolute atomic E-state index is 0.131. The van der Waals surface area contributed by atoms with E-state index in [1.165, 1.54) is 16.8 Å². The van der Waals surface area contributed by atoms with Gasteiger partial charge in [-0.15, -0.1) is 0 Å². The van der Waals surface area contributed by atoms with Crippen molar-refractivity contribution in [3.8, 4) is 5.69 Å². The fraction of sp³-hybridized carbons (Fsp3) is 0.312. The van der Waals surface area contributed by atoms with E-state index in [0.717, 1.165) is 25.1 Å². The first-order valence-corrected chi connectivity index (χ1v) is 7.02. The molecular formula is C16H17F3N2O. The van der Waals surface area contributed by atoms with Crippen LogP contribution in [0.5, 0.6) is 0 Å². The fourth-order valence-electron chi connectivity index (χ4n) is 2.17. The lowest BCUT2D eigenvalue weighted by Crippen LogP contribution is -2.22. The maximum atomic E-state index is 13.9. The molecule has 0 atom stereocenters. The molecule has 2 rings (SSSR count). The molecule has 0 amide bonds. The van der Waals surface area contributed by atoms with E-state index in [2.05, 4.69) is 5.32 Å². The van der Waals surface area contributed by atoms with E-state index in [1.54, 1.807) is 6.92 Å². The number of halogens is 3. The summed E-state index contributed by atoms with van der Waals surface area (Å²) in [7, 11) is 0. The van der Waals surface area contributed by atoms with Crippen LogP contribution in [0.3, 0.4) is 0 Å². The zero-order chi connectivity index (χ0) is 16.3. The van der Waals surface area contributed by atoms with Crippen LogP contribution in [-0.2, 0) is 6.54 Å². The van der Waals surface area contributed by atoms with E-state index < -0.39 is 17.5 Å². The average molecular weight is 310 g/mol. The van der Waals surface area contributed by atoms with Gasteiger partial charge in [-0.05, 0) is 32.0 Å². The molecule has 0 aliphatic carbocycles. The summed E-state index contributed by atoms with van der Waals surface area (Å²) in [6.45, 7) is 4.67. The van der Waals surface area contributed by atoms with E-state index >= 15 is 0 Å². The third kappa shape index (κ3) is 3.22. The average Bonchev–Trinajstić information content (AvgIpc) is 2.48. The second-order valence-corrected chi connectivity index (χ2v) is 5.05. The third-order valence-electron chi connectivity index (χ3n) is 3.34. The Morgan fingerprint density at radius 2 is 1.91 bits per heavy atom. The predicted octanol–water partition coefficient (Wildman–Crippen LogP) is 3.06. The molecule has 0 spiro atoms. The highest BCUT2D eigenvalue weighted by atomic mass is 19.2. The molecule has 6 heteroatoms. The van der Waals surface area contributed by atoms with Crippen LogP contribution in [-0.4, -0.2) is 11.1 Å². The molecule has 0 aliphatic heterocycles. The molecule has 3 nitrogen and oxygen atoms in total. The van der Waals surface area contributed by atoms with Gasteiger partial charge < -0.3 is 9.88 Å². The maximum Gasteiger partial charge on any atom is 0.196 e. The van der Waals surface area contributed by atoms with Gasteiger partial charge in [-0.3, -0.25) is 4.79 Å². The first-order chi connectivity index (χ1) is 10.5. The summed E-state index contributed by atoms with van der Waals surface area (Å²) >= 11 is 0. The molecule has 1 heterocycles. The molecule has 0 saturated carbocycles. The molecule has 0 saturated heterocycles. The second kappa shape index (κ2) is 6.79. The van der Waals surface area contributed by atoms with E-state index in [9.17, 15) is 18.0 Å². The van der Waals surface area contributed by atoms with Crippen LogP contribution in [0.2, 0.25) is 0 Å². The molecule has 1 aromatic carbocycles. The van der Waals surface area contributed by atoms with Gasteiger partial charge in [-0.25, -0.2) is 13.2 Å². The summed E-state index contributed by atoms with van der Waals surface area (Å²) in [5.74, 6) is -4.05. The lowest BCUT2D eigenvalue weighted by Gasteiger charge is -2.14. The number of hydrogen-bond acceptors (Lipinski definition) is 2. The highest BCUT2D eigenvalue weighted by Crippen LogP contribution is 2.20. The molecule has 0 bridgehead atoms. The van der Waals surface area contributed by atoms with Crippen molar-refractivity contribution < 1.29 is 13.2 Å². The Hall–Kier alpha value is -2.08. The van der Waals surface area contributed by atoms with Crippen LogP contribution in [0.1, 0.15) is 24.6 Å². The smallest absolute Gasteiger partial charge is 0.196 e. The number of nitrogens with one attached hydrogen (secondary N) is 1. The van der Waals surface area contributed by atoms with Gasteiger partial charge in [0.05, 0.1) is 5.69 Å². The Bertz CT molecular complexity index is 741. The van der Waals surface area contributed by atoms with Crippen molar-refractivity contribution in [1.29, 1.82) is 0 Å². The number of aromatic nitrogens is 1. The maximum absolute atomic E-state index is 13.9. The zero-order valence-electron chi connectivity index (χ0n) is 12.4. The van der Waals surface area contributed by atoms with Crippen molar-refractivity contribution in [2.45, 2.75) is 26.8 Å². The first kappa shape index (κ1) is 16.3. The minimum Gasteiger partial charge on any atom is -0.318 e. The Kier molecular flexibility index (Phi) is 5.03. The number of nitrogens with zero attached hydrogens (tertiary/aromatic N) is 1. The predicted molar refractivity (Wildman–Crippen MR) is 78.6 cm³/mol. The van der Waals surface area contributed by atoms with E-state index in [1.807, 2.05) is 6.92 Å². The molecule has 2 aromatic rings. The van der Waals surface area contributed by atoms with Crippen molar-refractivity contribution in [3.05, 3.63) is 63.3 Å². The molecule has 1 N–H and O–H groups in total. The van der Waals surface area contributed by atoms with Gasteiger partial charge in [0.25, 0.3) is 0 Å². The number of rotatable bonds is 5. The molecule has 0 aliphatic rings. The topological polar surface area (TPSA) is 34.0 Å². The number of benzene rings is 1. The molecule has 0 fully saturated rings. The van der Waals surface area contributed by atoms with Gasteiger partial charge in [-0.1, -0.05) is 6.92 Å². The van der Waals surface area contributed by atoms with E-state index in [-0.39, 0.29) is 11.1 Å². The van der Waals surface area contributed by atoms with Crippen molar-refractivity contribution >= 4 is 0 Å². The van der Waals surface area contributed by atoms with Gasteiger partial charge in [0, 0.05) is 30.1 Å². The number of aryl methyl sites for hydroxylation is 1. The third-order valence-corrected chi connectivity index (χ3v) is 3.34. The fourth-order valence-corrected chi connectivity index (χ4v) is 2.17. The van der Waals surface area contributed by atoms with Crippen LogP contribution < -0.4 is 10.7 Å². The van der Waals surface area contributed by atoms with Gasteiger partial charge in [0.1, 0.15) is 0 Å². The first-order valence-electron chi connectivity index (χ1n) is 7.02. The molecule has 118 valence electrons. The SMILES string of the molecule is CCCNCc1cn(-c2ccc(F)c(F)c2F)c(C)cc1=O. The summed E-state index contributed by atoms with van der Waals surface area (Å²) < 4.78 is 41.7. The van der Waals surface area contributed by atoms with Crippen LogP contribution in [0.4, 0.5) is 13.2 Å². The van der Waals surface area contributed by atoms with Crippen molar-refractivity contribution in [2.24, 2.45) is 0 Å². The summed E-state index contributed by atoms with van der Waals surface area (Å²) in [4.78, 5) is 11.9. The standard InChI is InChI=1S/C16H17F3N2O/c1-3-6-20-8-11-9-21(10(2)7-14(11)22)13-5-4-12(17)15(18)16(13)19/h4-5,7,9,20H,3,6,8H2,1-2H3. The van der Waals surface area contributed by atoms with Crippen molar-refractivity contribution in [3.63, 3.8) is 0 Å². The molecule has 1 aromatic heterocycles. The number of pyridine rings is 1. The van der Waals surface area contributed by atoms with Gasteiger partial charge >= 0.3 is 0 Å². The van der Waals surface area contributed by atoms with Gasteiger partial charge in [0.2, 0.25) is 0 Å². The lowest BCUT2D eigenvalue weighted by molar-refractivity contribution is 0.444. The summed E-state index contributed by atoms with van der Waals surface area (Å²) in [5, 5.41) is 3.08. The van der Waals surface area contributed by atoms with Gasteiger partial charge in [0.15, 0.2) is 22.9 Å². The van der Waals surface area contributed by atoms with Crippen molar-refractivity contribution in [1.82, 2.24) is 9.88 Å². The molecule has 0 radical (unpaired) electrons. The summed E-state index contributed by atoms with van der Waals surface area (Å²) in [5.41, 5.74) is 0.561. The van der Waals surface area contributed by atoms with Crippen LogP contribution in [0.15, 0.2) is 29.2 Å². The quantitative estimate of drug-likeness (QED) is 0.680. The lowest BCUT2D eigenvalue weighted by atomic mass is 10.2. The number of hydrogen-bond donors (Lipinski definition) is 1. The van der Waals surface area contributed by atoms with E-state index in [4.69, 9.17) is 0 Å². The Morgan fingerprint density at radius 3 is 2.59 bits per heavy atom. The molecular weight excluding hydrogens is 293 g/mol. The molecule has 22 heavy (non-hydrogen) atoms. The summed E-state index contributed by atoms with van der Waals surface area (Å²) in [6.07, 6.45) is 2.37. The Labute approximate surface area is 126 Å². The largest absolute Gasteiger partial charge is 0.318 e. The van der Waals surface area contributed by atoms with Crippen LogP contribution >= 0.6 is 0 Å². The normalized spacial score (nSPS) is 11.0. The molecule has 0 unspecified atom stereocenters.